The van der Waals surface area contributed by atoms with E-state index in [2.05, 4.69) is 0 Å². The molecule has 2 N–H and O–H groups in total. The van der Waals surface area contributed by atoms with Crippen LogP contribution in [-0.2, 0) is 9.59 Å². The fourth-order valence-corrected chi connectivity index (χ4v) is 2.82. The third-order valence-electron chi connectivity index (χ3n) is 4.18. The summed E-state index contributed by atoms with van der Waals surface area (Å²) >= 11 is 0. The fraction of sp³-hybridized carbons (Fsp3) is 0.529. The third-order valence-corrected chi connectivity index (χ3v) is 4.18. The van der Waals surface area contributed by atoms with Crippen LogP contribution in [0.1, 0.15) is 19.8 Å². The highest BCUT2D eigenvalue weighted by Crippen LogP contribution is 2.31. The van der Waals surface area contributed by atoms with Crippen LogP contribution < -0.4 is 20.1 Å². The van der Waals surface area contributed by atoms with Crippen LogP contribution in [-0.4, -0.2) is 56.6 Å². The summed E-state index contributed by atoms with van der Waals surface area (Å²) < 4.78 is 10.5. The van der Waals surface area contributed by atoms with E-state index in [-0.39, 0.29) is 24.3 Å². The van der Waals surface area contributed by atoms with E-state index in [0.29, 0.717) is 30.2 Å². The molecule has 0 aromatic heterocycles. The molecule has 1 fully saturated rings. The molecule has 2 unspecified atom stereocenters. The van der Waals surface area contributed by atoms with Crippen molar-refractivity contribution in [1.29, 1.82) is 0 Å². The van der Waals surface area contributed by atoms with Crippen molar-refractivity contribution in [3.63, 3.8) is 0 Å². The van der Waals surface area contributed by atoms with Crippen LogP contribution in [0, 0.1) is 0 Å². The molecule has 1 aliphatic heterocycles. The second kappa shape index (κ2) is 7.53. The predicted octanol–water partition coefficient (Wildman–Crippen LogP) is 1.00. The molecular weight excluding hydrogens is 310 g/mol. The van der Waals surface area contributed by atoms with Gasteiger partial charge in [-0.2, -0.15) is 0 Å². The number of ether oxygens (including phenoxy) is 2. The number of hydrogen-bond acceptors (Lipinski definition) is 5. The van der Waals surface area contributed by atoms with E-state index in [0.717, 1.165) is 0 Å². The van der Waals surface area contributed by atoms with Crippen LogP contribution in [0.25, 0.3) is 0 Å². The maximum atomic E-state index is 12.8. The highest BCUT2D eigenvalue weighted by Gasteiger charge is 2.37. The standard InChI is InChI=1S/C17H25N3O4/c1-11(18)7-16(21)19(2)15-5-6-20(17(15)22)12-8-13(23-3)10-14(9-12)24-4/h8-11,15H,5-7,18H2,1-4H3. The molecule has 0 bridgehead atoms. The zero-order valence-electron chi connectivity index (χ0n) is 14.6. The number of benzene rings is 1. The number of nitrogens with two attached hydrogens (primary N) is 1. The van der Waals surface area contributed by atoms with E-state index >= 15 is 0 Å². The molecule has 0 aliphatic carbocycles. The number of rotatable bonds is 6. The zero-order chi connectivity index (χ0) is 17.9. The van der Waals surface area contributed by atoms with Crippen LogP contribution in [0.15, 0.2) is 18.2 Å². The summed E-state index contributed by atoms with van der Waals surface area (Å²) in [6.07, 6.45) is 0.812. The van der Waals surface area contributed by atoms with Gasteiger partial charge in [-0.3, -0.25) is 9.59 Å². The predicted molar refractivity (Wildman–Crippen MR) is 91.3 cm³/mol. The summed E-state index contributed by atoms with van der Waals surface area (Å²) in [4.78, 5) is 28.1. The normalized spacial score (nSPS) is 18.5. The smallest absolute Gasteiger partial charge is 0.249 e. The number of hydrogen-bond donors (Lipinski definition) is 1. The van der Waals surface area contributed by atoms with Gasteiger partial charge < -0.3 is 25.0 Å². The Morgan fingerprint density at radius 1 is 1.33 bits per heavy atom. The minimum Gasteiger partial charge on any atom is -0.497 e. The van der Waals surface area contributed by atoms with Crippen molar-refractivity contribution in [2.75, 3.05) is 32.7 Å². The number of carbonyl (C=O) groups is 2. The molecule has 2 rings (SSSR count). The number of carbonyl (C=O) groups excluding carboxylic acids is 2. The van der Waals surface area contributed by atoms with Gasteiger partial charge in [0, 0.05) is 44.3 Å². The molecule has 1 aliphatic rings. The fourth-order valence-electron chi connectivity index (χ4n) is 2.82. The molecule has 1 aromatic rings. The van der Waals surface area contributed by atoms with Gasteiger partial charge in [-0.25, -0.2) is 0 Å². The summed E-state index contributed by atoms with van der Waals surface area (Å²) in [5.41, 5.74) is 6.38. The molecule has 1 saturated heterocycles. The molecule has 132 valence electrons. The highest BCUT2D eigenvalue weighted by molar-refractivity contribution is 6.01. The average molecular weight is 335 g/mol. The van der Waals surface area contributed by atoms with Gasteiger partial charge in [0.2, 0.25) is 11.8 Å². The van der Waals surface area contributed by atoms with Gasteiger partial charge >= 0.3 is 0 Å². The summed E-state index contributed by atoms with van der Waals surface area (Å²) in [6.45, 7) is 2.31. The number of nitrogens with zero attached hydrogens (tertiary/aromatic N) is 2. The van der Waals surface area contributed by atoms with Crippen molar-refractivity contribution in [1.82, 2.24) is 4.90 Å². The van der Waals surface area contributed by atoms with Gasteiger partial charge in [0.1, 0.15) is 17.5 Å². The molecule has 2 atom stereocenters. The Morgan fingerprint density at radius 3 is 2.42 bits per heavy atom. The quantitative estimate of drug-likeness (QED) is 0.838. The van der Waals surface area contributed by atoms with Crippen LogP contribution in [0.5, 0.6) is 11.5 Å². The highest BCUT2D eigenvalue weighted by atomic mass is 16.5. The first-order valence-electron chi connectivity index (χ1n) is 7.93. The third kappa shape index (κ3) is 3.79. The average Bonchev–Trinajstić information content (AvgIpc) is 2.94. The minimum absolute atomic E-state index is 0.106. The molecule has 1 aromatic carbocycles. The Balaban J connectivity index is 2.18. The van der Waals surface area contributed by atoms with Crippen LogP contribution in [0.4, 0.5) is 5.69 Å². The summed E-state index contributed by atoms with van der Waals surface area (Å²) in [5.74, 6) is 1.00. The SMILES string of the molecule is COc1cc(OC)cc(N2CCC(N(C)C(=O)CC(C)N)C2=O)c1. The maximum absolute atomic E-state index is 12.8. The van der Waals surface area contributed by atoms with Gasteiger partial charge in [-0.15, -0.1) is 0 Å². The summed E-state index contributed by atoms with van der Waals surface area (Å²) in [5, 5.41) is 0. The number of amides is 2. The van der Waals surface area contributed by atoms with Gasteiger partial charge in [0.25, 0.3) is 0 Å². The lowest BCUT2D eigenvalue weighted by atomic mass is 10.1. The van der Waals surface area contributed by atoms with Crippen molar-refractivity contribution in [3.05, 3.63) is 18.2 Å². The van der Waals surface area contributed by atoms with Gasteiger partial charge in [0.15, 0.2) is 0 Å². The molecule has 0 radical (unpaired) electrons. The topological polar surface area (TPSA) is 85.1 Å². The first kappa shape index (κ1) is 18.1. The van der Waals surface area contributed by atoms with E-state index in [9.17, 15) is 9.59 Å². The van der Waals surface area contributed by atoms with E-state index < -0.39 is 6.04 Å². The molecule has 2 amide bonds. The maximum Gasteiger partial charge on any atom is 0.249 e. The molecule has 7 nitrogen and oxygen atoms in total. The lowest BCUT2D eigenvalue weighted by Gasteiger charge is -2.25. The lowest BCUT2D eigenvalue weighted by molar-refractivity contribution is -0.136. The number of methoxy groups -OCH3 is 2. The van der Waals surface area contributed by atoms with E-state index in [1.165, 1.54) is 4.90 Å². The van der Waals surface area contributed by atoms with Crippen LogP contribution in [0.2, 0.25) is 0 Å². The van der Waals surface area contributed by atoms with E-state index in [1.807, 2.05) is 0 Å². The Labute approximate surface area is 142 Å². The van der Waals surface area contributed by atoms with Gasteiger partial charge in [-0.1, -0.05) is 0 Å². The zero-order valence-corrected chi connectivity index (χ0v) is 14.6. The number of anilines is 1. The lowest BCUT2D eigenvalue weighted by Crippen LogP contribution is -2.44. The van der Waals surface area contributed by atoms with E-state index in [4.69, 9.17) is 15.2 Å². The Hall–Kier alpha value is -2.28. The Bertz CT molecular complexity index is 596. The molecule has 0 spiro atoms. The van der Waals surface area contributed by atoms with Crippen molar-refractivity contribution in [2.24, 2.45) is 5.73 Å². The molecule has 24 heavy (non-hydrogen) atoms. The molecule has 1 heterocycles. The molecule has 0 saturated carbocycles. The Morgan fingerprint density at radius 2 is 1.92 bits per heavy atom. The van der Waals surface area contributed by atoms with E-state index in [1.54, 1.807) is 51.3 Å². The monoisotopic (exact) mass is 335 g/mol. The largest absolute Gasteiger partial charge is 0.497 e. The van der Waals surface area contributed by atoms with Crippen molar-refractivity contribution < 1.29 is 19.1 Å². The Kier molecular flexibility index (Phi) is 5.66. The van der Waals surface area contributed by atoms with Gasteiger partial charge in [-0.05, 0) is 13.3 Å². The second-order valence-electron chi connectivity index (χ2n) is 6.05. The van der Waals surface area contributed by atoms with Crippen LogP contribution >= 0.6 is 0 Å². The van der Waals surface area contributed by atoms with Crippen molar-refractivity contribution in [3.8, 4) is 11.5 Å². The number of likely N-dealkylation sites (N-methyl/N-ethyl adjacent to an activating group) is 1. The summed E-state index contributed by atoms with van der Waals surface area (Å²) in [6, 6.07) is 4.63. The van der Waals surface area contributed by atoms with Crippen LogP contribution in [0.3, 0.4) is 0 Å². The second-order valence-corrected chi connectivity index (χ2v) is 6.05. The van der Waals surface area contributed by atoms with Crippen molar-refractivity contribution >= 4 is 17.5 Å². The first-order chi connectivity index (χ1) is 11.4. The minimum atomic E-state index is -0.464. The molecule has 7 heteroatoms. The molecular formula is C17H25N3O4. The van der Waals surface area contributed by atoms with Gasteiger partial charge in [0.05, 0.1) is 19.9 Å². The van der Waals surface area contributed by atoms with Crippen molar-refractivity contribution in [2.45, 2.75) is 31.8 Å². The summed E-state index contributed by atoms with van der Waals surface area (Å²) in [7, 11) is 4.78. The first-order valence-corrected chi connectivity index (χ1v) is 7.93.